The Balaban J connectivity index is 0.000000156. The molecule has 11 atom stereocenters. The highest BCUT2D eigenvalue weighted by atomic mass is 15.3. The third-order valence-electron chi connectivity index (χ3n) is 41.5. The third kappa shape index (κ3) is 48.0. The summed E-state index contributed by atoms with van der Waals surface area (Å²) in [6, 6.07) is 12.8. The highest BCUT2D eigenvalue weighted by Gasteiger charge is 2.38. The predicted molar refractivity (Wildman–Crippen MR) is 645 cm³/mol. The molecule has 874 valence electrons. The van der Waals surface area contributed by atoms with E-state index in [1.165, 1.54) is 615 Å². The minimum atomic E-state index is 0.694. The summed E-state index contributed by atoms with van der Waals surface area (Å²) in [5.74, 6) is 0. The highest BCUT2D eigenvalue weighted by molar-refractivity contribution is 4.94. The second-order valence-corrected chi connectivity index (χ2v) is 52.8. The van der Waals surface area contributed by atoms with Crippen LogP contribution in [0.3, 0.4) is 0 Å². The number of likely N-dealkylation sites (N-methyl/N-ethyl adjacent to an activating group) is 14. The van der Waals surface area contributed by atoms with Crippen molar-refractivity contribution in [3.05, 3.63) is 0 Å². The lowest BCUT2D eigenvalue weighted by Crippen LogP contribution is -2.47. The van der Waals surface area contributed by atoms with E-state index in [9.17, 15) is 0 Å². The molecule has 18 saturated heterocycles. The first kappa shape index (κ1) is 128. The van der Waals surface area contributed by atoms with Crippen LogP contribution >= 0.6 is 0 Å². The van der Waals surface area contributed by atoms with Crippen molar-refractivity contribution in [1.29, 1.82) is 0 Å². The average molecular weight is 2090 g/mol. The molecule has 3 saturated carbocycles. The van der Waals surface area contributed by atoms with Gasteiger partial charge in [-0.15, -0.1) is 0 Å². The summed E-state index contributed by atoms with van der Waals surface area (Å²) in [5.41, 5.74) is 0. The first-order valence-corrected chi connectivity index (χ1v) is 66.4. The largest absolute Gasteiger partial charge is 0.302 e. The predicted octanol–water partition coefficient (Wildman–Crippen LogP) is 19.8. The fourth-order valence-corrected chi connectivity index (χ4v) is 30.3. The van der Waals surface area contributed by atoms with Gasteiger partial charge < -0.3 is 93.1 Å². The summed E-state index contributed by atoms with van der Waals surface area (Å²) < 4.78 is 0. The Hall–Kier alpha value is -0.880. The zero-order chi connectivity index (χ0) is 106. The molecule has 149 heavy (non-hydrogen) atoms. The molecule has 18 heterocycles. The van der Waals surface area contributed by atoms with Crippen LogP contribution in [0.5, 0.6) is 0 Å². The minimum Gasteiger partial charge on any atom is -0.302 e. The lowest BCUT2D eigenvalue weighted by atomic mass is 10.0. The molecule has 22 nitrogen and oxygen atoms in total. The molecule has 0 spiro atoms. The van der Waals surface area contributed by atoms with Crippen molar-refractivity contribution in [2.75, 3.05) is 339 Å². The van der Waals surface area contributed by atoms with Crippen LogP contribution < -0.4 is 0 Å². The molecule has 18 aliphatic heterocycles. The first-order chi connectivity index (χ1) is 72.6. The number of likely N-dealkylation sites (tertiary alicyclic amines) is 18. The molecule has 21 aliphatic rings. The van der Waals surface area contributed by atoms with Gasteiger partial charge >= 0.3 is 0 Å². The van der Waals surface area contributed by atoms with Crippen molar-refractivity contribution in [2.45, 2.75) is 485 Å². The van der Waals surface area contributed by atoms with Crippen molar-refractivity contribution in [1.82, 2.24) is 108 Å². The standard InChI is InChI=1S/C16H30N2.C13H26N2.3C12H24N2.2C11H22N2.C11H24N2.C10H20N2.C10H22N2.C9H18N2/c1-17-12-6-11-16(17)13-18(14-7-2-3-8-14)15-9-4-5-10-15;1-3-15(12-7-4-5-8-12)11-13-9-6-10-14(13)2;1-13-8-6-3-7-12(13)11-14-9-4-2-5-10-14;1-13-8-4-2-3-7-12(13)11-14-9-5-6-10-14;1-13-8-6-7-12(13)11-14-9-4-2-3-5-10-14;1-12-7-3-2-6-11(12)10-13-8-4-5-9-13;1-12-7-5-6-11(12)10-13-8-3-2-4-9-13;1-5-13(10(2)3)9-11-7-6-8-12(11)4;1-11-6-4-5-10(11)9-12-7-2-3-8-12;1-4-12(5-2)9-10-7-6-8-11(10)3;1-10-5-2-4-9(10)8-11-6-3-7-11/h14-16H,2-13H2,1H3;12-13H,3-11H2,1-2H3;3*12H,2-11H2,1H3;2*11H,2-10H2,1H3;10-11H,5-9H2,1-4H3;10H,2-9H2,1H3;10H,4-9H2,1-3H3;9H,2-8H2,1H3. The van der Waals surface area contributed by atoms with Crippen LogP contribution in [0.1, 0.15) is 395 Å². The third-order valence-corrected chi connectivity index (χ3v) is 41.5. The zero-order valence-corrected chi connectivity index (χ0v) is 103. The number of rotatable bonds is 30. The van der Waals surface area contributed by atoms with Gasteiger partial charge in [0.1, 0.15) is 0 Å². The van der Waals surface area contributed by atoms with Crippen LogP contribution in [-0.2, 0) is 0 Å². The summed E-state index contributed by atoms with van der Waals surface area (Å²) >= 11 is 0. The minimum absolute atomic E-state index is 0.694. The number of nitrogens with zero attached hydrogens (tertiary/aromatic N) is 22. The molecule has 0 amide bonds. The van der Waals surface area contributed by atoms with Gasteiger partial charge in [-0.1, -0.05) is 118 Å². The topological polar surface area (TPSA) is 71.3 Å². The van der Waals surface area contributed by atoms with Gasteiger partial charge in [-0.25, -0.2) is 0 Å². The average Bonchev–Trinajstić information content (AvgIpc) is 1.69. The normalized spacial score (nSPS) is 30.9. The van der Waals surface area contributed by atoms with E-state index >= 15 is 0 Å². The molecule has 21 rings (SSSR count). The molecular weight excluding hydrogens is 1830 g/mol. The monoisotopic (exact) mass is 2090 g/mol. The van der Waals surface area contributed by atoms with E-state index in [-0.39, 0.29) is 0 Å². The fourth-order valence-electron chi connectivity index (χ4n) is 30.3. The van der Waals surface area contributed by atoms with Crippen LogP contribution in [-0.4, -0.2) is 538 Å². The first-order valence-electron chi connectivity index (χ1n) is 66.4. The summed E-state index contributed by atoms with van der Waals surface area (Å²) in [6.45, 7) is 66.4. The summed E-state index contributed by atoms with van der Waals surface area (Å²) in [7, 11) is 25.1. The van der Waals surface area contributed by atoms with Crippen LogP contribution in [0.2, 0.25) is 0 Å². The maximum absolute atomic E-state index is 2.95. The molecule has 21 fully saturated rings. The van der Waals surface area contributed by atoms with Crippen molar-refractivity contribution in [2.24, 2.45) is 0 Å². The van der Waals surface area contributed by atoms with Gasteiger partial charge in [0.15, 0.2) is 0 Å². The van der Waals surface area contributed by atoms with E-state index < -0.39 is 0 Å². The van der Waals surface area contributed by atoms with E-state index in [4.69, 9.17) is 0 Å². The smallest absolute Gasteiger partial charge is 0.0220 e. The maximum atomic E-state index is 2.95. The molecule has 0 radical (unpaired) electrons. The van der Waals surface area contributed by atoms with E-state index in [0.717, 1.165) is 84.6 Å². The van der Waals surface area contributed by atoms with E-state index in [2.05, 4.69) is 227 Å². The van der Waals surface area contributed by atoms with Crippen molar-refractivity contribution in [3.8, 4) is 0 Å². The Labute approximate surface area is 926 Å². The van der Waals surface area contributed by atoms with Gasteiger partial charge in [-0.2, -0.15) is 0 Å². The molecule has 22 heteroatoms. The Bertz CT molecular complexity index is 3150. The second-order valence-electron chi connectivity index (χ2n) is 52.8. The molecule has 0 aromatic heterocycles. The quantitative estimate of drug-likeness (QED) is 0.0684. The van der Waals surface area contributed by atoms with Gasteiger partial charge in [-0.3, -0.25) is 14.7 Å². The van der Waals surface area contributed by atoms with Crippen molar-refractivity contribution >= 4 is 0 Å². The van der Waals surface area contributed by atoms with Gasteiger partial charge in [0.05, 0.1) is 0 Å². The SMILES string of the molecule is CCN(CC)CC1CCCN1C.CCN(CC1CCCN1C)C(C)C.CCN(CC1CCCN1C)C1CCCC1.CN1CCCC1CN(C1CCCC1)C1CCCC1.CN1CCCC1CN1CCC1.CN1CCCC1CN1CCCC1.CN1CCCC1CN1CCCCC1.CN1CCCC1CN1CCCCCC1.CN1CCCCC1CN1CCCC1.CN1CCCCC1CN1CCCCC1.CN1CCCCCC1CN1CCCC1. The van der Waals surface area contributed by atoms with Crippen LogP contribution in [0, 0.1) is 0 Å². The van der Waals surface area contributed by atoms with Gasteiger partial charge in [0, 0.05) is 163 Å². The maximum Gasteiger partial charge on any atom is 0.0220 e. The summed E-state index contributed by atoms with van der Waals surface area (Å²) in [6.07, 6.45) is 78.9. The molecule has 0 N–H and O–H groups in total. The Morgan fingerprint density at radius 1 is 0.168 bits per heavy atom. The Morgan fingerprint density at radius 3 is 0.591 bits per heavy atom. The highest BCUT2D eigenvalue weighted by Crippen LogP contribution is 2.35. The van der Waals surface area contributed by atoms with Crippen LogP contribution in [0.25, 0.3) is 0 Å². The van der Waals surface area contributed by atoms with Gasteiger partial charge in [0.2, 0.25) is 0 Å². The molecule has 0 aromatic rings. The number of hydrogen-bond acceptors (Lipinski definition) is 22. The summed E-state index contributed by atoms with van der Waals surface area (Å²) in [5, 5.41) is 0. The molecule has 3 aliphatic carbocycles. The van der Waals surface area contributed by atoms with Gasteiger partial charge in [-0.05, 0) is 544 Å². The Kier molecular flexibility index (Phi) is 64.2. The second kappa shape index (κ2) is 74.7. The molecule has 0 aromatic carbocycles. The molecule has 11 unspecified atom stereocenters. The molecule has 0 bridgehead atoms. The molecular formula is C127H256N22. The summed E-state index contributed by atoms with van der Waals surface area (Å²) in [4.78, 5) is 57.3. The lowest BCUT2D eigenvalue weighted by Gasteiger charge is -2.37. The van der Waals surface area contributed by atoms with Crippen molar-refractivity contribution in [3.63, 3.8) is 0 Å². The van der Waals surface area contributed by atoms with Crippen LogP contribution in [0.4, 0.5) is 0 Å². The van der Waals surface area contributed by atoms with Crippen LogP contribution in [0.15, 0.2) is 0 Å². The van der Waals surface area contributed by atoms with E-state index in [1.807, 2.05) is 0 Å². The van der Waals surface area contributed by atoms with Gasteiger partial charge in [0.25, 0.3) is 0 Å². The number of piperidine rings is 4. The fraction of sp³-hybridized carbons (Fsp3) is 1.00. The van der Waals surface area contributed by atoms with Crippen molar-refractivity contribution < 1.29 is 0 Å². The Morgan fingerprint density at radius 2 is 0.356 bits per heavy atom. The lowest BCUT2D eigenvalue weighted by molar-refractivity contribution is 0.101. The zero-order valence-electron chi connectivity index (χ0n) is 103. The van der Waals surface area contributed by atoms with E-state index in [1.54, 1.807) is 0 Å². The number of hydrogen-bond donors (Lipinski definition) is 0. The van der Waals surface area contributed by atoms with E-state index in [0.29, 0.717) is 6.04 Å².